The average Bonchev–Trinajstić information content (AvgIpc) is 2.81. The van der Waals surface area contributed by atoms with E-state index in [9.17, 15) is 13.2 Å². The first-order chi connectivity index (χ1) is 15.9. The molecule has 6 nitrogen and oxygen atoms in total. The topological polar surface area (TPSA) is 88.2 Å². The van der Waals surface area contributed by atoms with Crippen LogP contribution in [0.3, 0.4) is 0 Å². The fourth-order valence-corrected chi connectivity index (χ4v) is 4.41. The Bertz CT molecular complexity index is 1350. The molecule has 0 fully saturated rings. The third kappa shape index (κ3) is 5.64. The number of hydrogen-bond acceptors (Lipinski definition) is 4. The highest BCUT2D eigenvalue weighted by molar-refractivity contribution is 7.92. The summed E-state index contributed by atoms with van der Waals surface area (Å²) in [5, 5.41) is 2.84. The summed E-state index contributed by atoms with van der Waals surface area (Å²) in [6.07, 6.45) is 4.28. The lowest BCUT2D eigenvalue weighted by Gasteiger charge is -2.13. The number of hydrogen-bond donors (Lipinski definition) is 2. The van der Waals surface area contributed by atoms with Crippen LogP contribution in [-0.2, 0) is 16.4 Å². The smallest absolute Gasteiger partial charge is 0.261 e. The maximum atomic E-state index is 12.9. The summed E-state index contributed by atoms with van der Waals surface area (Å²) in [5.74, 6) is -0.404. The number of rotatable bonds is 7. The highest BCUT2D eigenvalue weighted by Crippen LogP contribution is 2.22. The monoisotopic (exact) mass is 457 g/mol. The Morgan fingerprint density at radius 1 is 0.818 bits per heavy atom. The summed E-state index contributed by atoms with van der Waals surface area (Å²) in [4.78, 5) is 17.1. The Morgan fingerprint density at radius 3 is 2.15 bits per heavy atom. The second-order valence-corrected chi connectivity index (χ2v) is 9.33. The van der Waals surface area contributed by atoms with Crippen molar-refractivity contribution < 1.29 is 13.2 Å². The van der Waals surface area contributed by atoms with Gasteiger partial charge in [0.2, 0.25) is 0 Å². The van der Waals surface area contributed by atoms with Gasteiger partial charge in [-0.2, -0.15) is 0 Å². The molecule has 1 amide bonds. The number of aromatic nitrogens is 1. The van der Waals surface area contributed by atoms with Crippen molar-refractivity contribution in [2.24, 2.45) is 0 Å². The summed E-state index contributed by atoms with van der Waals surface area (Å²) < 4.78 is 28.1. The van der Waals surface area contributed by atoms with Crippen LogP contribution < -0.4 is 10.0 Å². The van der Waals surface area contributed by atoms with E-state index >= 15 is 0 Å². The highest BCUT2D eigenvalue weighted by atomic mass is 32.2. The molecule has 0 saturated carbocycles. The molecule has 3 aromatic carbocycles. The highest BCUT2D eigenvalue weighted by Gasteiger charge is 2.18. The zero-order chi connectivity index (χ0) is 23.3. The summed E-state index contributed by atoms with van der Waals surface area (Å²) >= 11 is 0. The first-order valence-electron chi connectivity index (χ1n) is 10.4. The van der Waals surface area contributed by atoms with Gasteiger partial charge in [0.1, 0.15) is 0 Å². The van der Waals surface area contributed by atoms with E-state index in [2.05, 4.69) is 15.0 Å². The number of carbonyl (C=O) groups excluding carboxylic acids is 1. The van der Waals surface area contributed by atoms with E-state index in [-0.39, 0.29) is 16.1 Å². The van der Waals surface area contributed by atoms with Crippen LogP contribution >= 0.6 is 0 Å². The van der Waals surface area contributed by atoms with Crippen molar-refractivity contribution in [3.8, 4) is 0 Å². The molecule has 0 atom stereocenters. The maximum absolute atomic E-state index is 12.9. The van der Waals surface area contributed by atoms with Crippen molar-refractivity contribution >= 4 is 27.3 Å². The Morgan fingerprint density at radius 2 is 1.45 bits per heavy atom. The molecule has 0 aliphatic rings. The van der Waals surface area contributed by atoms with Gasteiger partial charge in [-0.3, -0.25) is 14.5 Å². The summed E-state index contributed by atoms with van der Waals surface area (Å²) in [6, 6.07) is 24.5. The summed E-state index contributed by atoms with van der Waals surface area (Å²) in [6.45, 7) is 1.88. The van der Waals surface area contributed by atoms with Crippen molar-refractivity contribution in [3.05, 3.63) is 120 Å². The lowest BCUT2D eigenvalue weighted by Crippen LogP contribution is -2.18. The van der Waals surface area contributed by atoms with Gasteiger partial charge in [0.15, 0.2) is 0 Å². The molecule has 2 N–H and O–H groups in total. The molecule has 0 aliphatic heterocycles. The predicted octanol–water partition coefficient (Wildman–Crippen LogP) is 5.03. The van der Waals surface area contributed by atoms with Crippen molar-refractivity contribution in [2.45, 2.75) is 18.2 Å². The molecule has 7 heteroatoms. The molecule has 1 heterocycles. The Hall–Kier alpha value is -3.97. The van der Waals surface area contributed by atoms with Crippen LogP contribution in [0.5, 0.6) is 0 Å². The number of sulfonamides is 1. The molecule has 0 spiro atoms. The van der Waals surface area contributed by atoms with Crippen LogP contribution in [-0.4, -0.2) is 19.3 Å². The van der Waals surface area contributed by atoms with E-state index in [1.807, 2.05) is 43.3 Å². The maximum Gasteiger partial charge on any atom is 0.261 e. The van der Waals surface area contributed by atoms with Crippen LogP contribution in [0.2, 0.25) is 0 Å². The first-order valence-corrected chi connectivity index (χ1v) is 11.9. The van der Waals surface area contributed by atoms with Gasteiger partial charge in [0.05, 0.1) is 16.1 Å². The molecule has 1 aromatic heterocycles. The fourth-order valence-electron chi connectivity index (χ4n) is 3.33. The fraction of sp³-hybridized carbons (Fsp3) is 0.0769. The second kappa shape index (κ2) is 9.67. The SMILES string of the molecule is Cc1ccc(S(=O)(=O)Nc2ccccc2C(=O)Nc2ccc(Cc3ccncc3)cc2)cc1. The molecule has 0 unspecified atom stereocenters. The van der Waals surface area contributed by atoms with E-state index in [0.717, 1.165) is 23.1 Å². The number of nitrogens with zero attached hydrogens (tertiary/aromatic N) is 1. The predicted molar refractivity (Wildman–Crippen MR) is 130 cm³/mol. The van der Waals surface area contributed by atoms with Crippen molar-refractivity contribution in [3.63, 3.8) is 0 Å². The second-order valence-electron chi connectivity index (χ2n) is 7.65. The molecule has 4 rings (SSSR count). The molecule has 0 bridgehead atoms. The Kier molecular flexibility index (Phi) is 6.51. The molecule has 166 valence electrons. The van der Waals surface area contributed by atoms with Crippen LogP contribution in [0, 0.1) is 6.92 Å². The molecular weight excluding hydrogens is 434 g/mol. The van der Waals surface area contributed by atoms with Crippen LogP contribution in [0.15, 0.2) is 102 Å². The molecule has 0 saturated heterocycles. The van der Waals surface area contributed by atoms with Crippen LogP contribution in [0.4, 0.5) is 11.4 Å². The van der Waals surface area contributed by atoms with Gasteiger partial charge in [-0.15, -0.1) is 0 Å². The zero-order valence-electron chi connectivity index (χ0n) is 18.0. The number of para-hydroxylation sites is 1. The lowest BCUT2D eigenvalue weighted by molar-refractivity contribution is 0.102. The van der Waals surface area contributed by atoms with E-state index in [1.54, 1.807) is 48.8 Å². The number of carbonyl (C=O) groups is 1. The molecular formula is C26H23N3O3S. The number of aryl methyl sites for hydroxylation is 1. The van der Waals surface area contributed by atoms with Gasteiger partial charge in [0, 0.05) is 18.1 Å². The third-order valence-corrected chi connectivity index (χ3v) is 6.50. The molecule has 0 radical (unpaired) electrons. The molecule has 0 aliphatic carbocycles. The zero-order valence-corrected chi connectivity index (χ0v) is 18.8. The van der Waals surface area contributed by atoms with Gasteiger partial charge < -0.3 is 5.32 Å². The van der Waals surface area contributed by atoms with E-state index < -0.39 is 15.9 Å². The van der Waals surface area contributed by atoms with Gasteiger partial charge in [-0.1, -0.05) is 42.0 Å². The summed E-state index contributed by atoms with van der Waals surface area (Å²) in [7, 11) is -3.83. The minimum Gasteiger partial charge on any atom is -0.322 e. The normalized spacial score (nSPS) is 11.1. The minimum absolute atomic E-state index is 0.132. The van der Waals surface area contributed by atoms with E-state index in [0.29, 0.717) is 5.69 Å². The number of benzene rings is 3. The Balaban J connectivity index is 1.48. The number of amides is 1. The Labute approximate surface area is 193 Å². The number of nitrogens with one attached hydrogen (secondary N) is 2. The lowest BCUT2D eigenvalue weighted by atomic mass is 10.1. The molecule has 33 heavy (non-hydrogen) atoms. The number of pyridine rings is 1. The summed E-state index contributed by atoms with van der Waals surface area (Å²) in [5.41, 5.74) is 4.27. The quantitative estimate of drug-likeness (QED) is 0.407. The largest absolute Gasteiger partial charge is 0.322 e. The van der Waals surface area contributed by atoms with Crippen LogP contribution in [0.25, 0.3) is 0 Å². The standard InChI is InChI=1S/C26H23N3O3S/c1-19-6-12-23(13-7-19)33(31,32)29-25-5-3-2-4-24(25)26(30)28-22-10-8-20(9-11-22)18-21-14-16-27-17-15-21/h2-17,29H,18H2,1H3,(H,28,30). The van der Waals surface area contributed by atoms with Gasteiger partial charge in [-0.25, -0.2) is 8.42 Å². The van der Waals surface area contributed by atoms with Crippen molar-refractivity contribution in [1.29, 1.82) is 0 Å². The first kappa shape index (κ1) is 22.2. The van der Waals surface area contributed by atoms with Crippen molar-refractivity contribution in [1.82, 2.24) is 4.98 Å². The number of anilines is 2. The minimum atomic E-state index is -3.83. The van der Waals surface area contributed by atoms with Crippen molar-refractivity contribution in [2.75, 3.05) is 10.0 Å². The van der Waals surface area contributed by atoms with E-state index in [1.165, 1.54) is 12.1 Å². The molecule has 4 aromatic rings. The van der Waals surface area contributed by atoms with E-state index in [4.69, 9.17) is 0 Å². The van der Waals surface area contributed by atoms with Gasteiger partial charge >= 0.3 is 0 Å². The van der Waals surface area contributed by atoms with Gasteiger partial charge in [-0.05, 0) is 73.0 Å². The third-order valence-electron chi connectivity index (χ3n) is 5.12. The van der Waals surface area contributed by atoms with Crippen LogP contribution in [0.1, 0.15) is 27.0 Å². The van der Waals surface area contributed by atoms with Gasteiger partial charge in [0.25, 0.3) is 15.9 Å². The average molecular weight is 458 g/mol.